The molecule has 29 heavy (non-hydrogen) atoms. The molecule has 12 heteroatoms. The number of rotatable bonds is 8. The van der Waals surface area contributed by atoms with Crippen LogP contribution in [0.3, 0.4) is 0 Å². The first-order valence-electron chi connectivity index (χ1n) is 7.82. The van der Waals surface area contributed by atoms with Crippen molar-refractivity contribution in [2.75, 3.05) is 18.4 Å². The van der Waals surface area contributed by atoms with E-state index in [9.17, 15) is 26.4 Å². The molecule has 0 heterocycles. The Labute approximate surface area is 169 Å². The summed E-state index contributed by atoms with van der Waals surface area (Å²) in [5, 5.41) is 8.94. The molecule has 0 spiro atoms. The van der Waals surface area contributed by atoms with Gasteiger partial charge in [-0.15, -0.1) is 0 Å². The Kier molecular flexibility index (Phi) is 6.85. The third-order valence-corrected chi connectivity index (χ3v) is 5.07. The number of anilines is 1. The normalized spacial score (nSPS) is 11.8. The summed E-state index contributed by atoms with van der Waals surface area (Å²) in [4.78, 5) is 10.5. The van der Waals surface area contributed by atoms with Crippen molar-refractivity contribution in [2.45, 2.75) is 17.5 Å². The molecule has 0 aliphatic carbocycles. The van der Waals surface area contributed by atoms with E-state index < -0.39 is 45.8 Å². The summed E-state index contributed by atoms with van der Waals surface area (Å²) >= 11 is 5.82. The Morgan fingerprint density at radius 3 is 2.41 bits per heavy atom. The fourth-order valence-electron chi connectivity index (χ4n) is 2.28. The maximum Gasteiger partial charge on any atom is 0.422 e. The second kappa shape index (κ2) is 8.78. The summed E-state index contributed by atoms with van der Waals surface area (Å²) in [6, 6.07) is 7.15. The van der Waals surface area contributed by atoms with Crippen LogP contribution in [-0.2, 0) is 21.2 Å². The van der Waals surface area contributed by atoms with Gasteiger partial charge in [-0.3, -0.25) is 9.52 Å². The third-order valence-electron chi connectivity index (χ3n) is 3.45. The third kappa shape index (κ3) is 6.43. The minimum absolute atomic E-state index is 0.0497. The lowest BCUT2D eigenvalue weighted by atomic mass is 10.1. The average molecular weight is 454 g/mol. The number of benzene rings is 2. The van der Waals surface area contributed by atoms with Gasteiger partial charge in [0.05, 0.1) is 19.2 Å². The van der Waals surface area contributed by atoms with Crippen LogP contribution in [0.15, 0.2) is 41.3 Å². The van der Waals surface area contributed by atoms with E-state index in [1.165, 1.54) is 25.3 Å². The quantitative estimate of drug-likeness (QED) is 0.631. The Morgan fingerprint density at radius 1 is 1.17 bits per heavy atom. The van der Waals surface area contributed by atoms with Crippen molar-refractivity contribution in [1.29, 1.82) is 0 Å². The van der Waals surface area contributed by atoms with Gasteiger partial charge in [-0.1, -0.05) is 17.7 Å². The molecule has 2 aromatic rings. The molecule has 0 aromatic heterocycles. The Morgan fingerprint density at radius 2 is 1.83 bits per heavy atom. The van der Waals surface area contributed by atoms with Gasteiger partial charge in [0.25, 0.3) is 10.0 Å². The highest BCUT2D eigenvalue weighted by Crippen LogP contribution is 2.33. The largest absolute Gasteiger partial charge is 0.495 e. The molecule has 0 fully saturated rings. The predicted molar refractivity (Wildman–Crippen MR) is 98.1 cm³/mol. The zero-order chi connectivity index (χ0) is 21.8. The SMILES string of the molecule is COc1ccc(CC(=O)O)cc1S(=O)(=O)Nc1cc(Cl)ccc1OCC(F)(F)F. The number of hydrogen-bond acceptors (Lipinski definition) is 5. The number of aliphatic carboxylic acids is 1. The highest BCUT2D eigenvalue weighted by atomic mass is 35.5. The van der Waals surface area contributed by atoms with Gasteiger partial charge in [0.2, 0.25) is 0 Å². The van der Waals surface area contributed by atoms with E-state index in [1.54, 1.807) is 0 Å². The molecular weight excluding hydrogens is 439 g/mol. The van der Waals surface area contributed by atoms with Crippen LogP contribution in [0.25, 0.3) is 0 Å². The van der Waals surface area contributed by atoms with Crippen LogP contribution in [0, 0.1) is 0 Å². The van der Waals surface area contributed by atoms with E-state index in [0.717, 1.165) is 18.2 Å². The van der Waals surface area contributed by atoms with Crippen molar-refractivity contribution < 1.29 is 41.0 Å². The molecule has 0 unspecified atom stereocenters. The summed E-state index contributed by atoms with van der Waals surface area (Å²) in [6.45, 7) is -1.64. The first-order chi connectivity index (χ1) is 13.4. The van der Waals surface area contributed by atoms with Crippen molar-refractivity contribution in [3.05, 3.63) is 47.0 Å². The van der Waals surface area contributed by atoms with Crippen molar-refractivity contribution in [3.8, 4) is 11.5 Å². The fraction of sp³-hybridized carbons (Fsp3) is 0.235. The van der Waals surface area contributed by atoms with Crippen molar-refractivity contribution in [1.82, 2.24) is 0 Å². The maximum atomic E-state index is 12.8. The number of carboxylic acids is 1. The van der Waals surface area contributed by atoms with Crippen molar-refractivity contribution in [2.24, 2.45) is 0 Å². The lowest BCUT2D eigenvalue weighted by Crippen LogP contribution is -2.20. The fourth-order valence-corrected chi connectivity index (χ4v) is 3.74. The van der Waals surface area contributed by atoms with Gasteiger partial charge in [-0.2, -0.15) is 13.2 Å². The van der Waals surface area contributed by atoms with Crippen LogP contribution < -0.4 is 14.2 Å². The number of alkyl halides is 3. The van der Waals surface area contributed by atoms with Crippen LogP contribution in [-0.4, -0.2) is 39.4 Å². The number of carboxylic acid groups (broad SMARTS) is 1. The number of methoxy groups -OCH3 is 1. The minimum Gasteiger partial charge on any atom is -0.495 e. The summed E-state index contributed by atoms with van der Waals surface area (Å²) in [5.74, 6) is -1.66. The van der Waals surface area contributed by atoms with Gasteiger partial charge in [-0.25, -0.2) is 8.42 Å². The van der Waals surface area contributed by atoms with Gasteiger partial charge >= 0.3 is 12.1 Å². The number of carbonyl (C=O) groups is 1. The van der Waals surface area contributed by atoms with Gasteiger partial charge in [0.15, 0.2) is 6.61 Å². The van der Waals surface area contributed by atoms with Gasteiger partial charge < -0.3 is 14.6 Å². The molecule has 0 radical (unpaired) electrons. The molecule has 0 bridgehead atoms. The van der Waals surface area contributed by atoms with E-state index in [-0.39, 0.29) is 22.0 Å². The van der Waals surface area contributed by atoms with Crippen LogP contribution in [0.1, 0.15) is 5.56 Å². The second-order valence-electron chi connectivity index (χ2n) is 5.71. The Hall–Kier alpha value is -2.66. The average Bonchev–Trinajstić information content (AvgIpc) is 2.59. The standard InChI is InChI=1S/C17H15ClF3NO6S/c1-27-14-4-2-10(7-16(23)24)6-15(14)29(25,26)22-12-8-11(18)3-5-13(12)28-9-17(19,20)21/h2-6,8,22H,7,9H2,1H3,(H,23,24). The number of hydrogen-bond donors (Lipinski definition) is 2. The molecule has 2 rings (SSSR count). The molecule has 158 valence electrons. The predicted octanol–water partition coefficient (Wildman–Crippen LogP) is 3.72. The van der Waals surface area contributed by atoms with E-state index in [1.807, 2.05) is 0 Å². The van der Waals surface area contributed by atoms with E-state index >= 15 is 0 Å². The van der Waals surface area contributed by atoms with Crippen LogP contribution in [0.5, 0.6) is 11.5 Å². The first-order valence-corrected chi connectivity index (χ1v) is 9.68. The Bertz CT molecular complexity index is 1010. The van der Waals surface area contributed by atoms with Crippen LogP contribution in [0.2, 0.25) is 5.02 Å². The van der Waals surface area contributed by atoms with E-state index in [2.05, 4.69) is 9.46 Å². The summed E-state index contributed by atoms with van der Waals surface area (Å²) in [7, 11) is -3.18. The monoisotopic (exact) mass is 453 g/mol. The lowest BCUT2D eigenvalue weighted by molar-refractivity contribution is -0.153. The number of halogens is 4. The smallest absolute Gasteiger partial charge is 0.422 e. The Balaban J connectivity index is 2.43. The van der Waals surface area contributed by atoms with Gasteiger partial charge in [0.1, 0.15) is 16.4 Å². The molecule has 0 atom stereocenters. The first kappa shape index (κ1) is 22.6. The molecule has 0 aliphatic rings. The lowest BCUT2D eigenvalue weighted by Gasteiger charge is -2.16. The second-order valence-corrected chi connectivity index (χ2v) is 7.79. The number of nitrogens with one attached hydrogen (secondary N) is 1. The van der Waals surface area contributed by atoms with Crippen LogP contribution in [0.4, 0.5) is 18.9 Å². The van der Waals surface area contributed by atoms with Gasteiger partial charge in [-0.05, 0) is 35.9 Å². The molecule has 0 saturated carbocycles. The van der Waals surface area contributed by atoms with Gasteiger partial charge in [0, 0.05) is 5.02 Å². The molecular formula is C17H15ClF3NO6S. The summed E-state index contributed by atoms with van der Waals surface area (Å²) in [5.41, 5.74) is -0.147. The molecule has 2 aromatic carbocycles. The topological polar surface area (TPSA) is 102 Å². The zero-order valence-electron chi connectivity index (χ0n) is 14.8. The van der Waals surface area contributed by atoms with Crippen molar-refractivity contribution >= 4 is 33.3 Å². The zero-order valence-corrected chi connectivity index (χ0v) is 16.4. The summed E-state index contributed by atoms with van der Waals surface area (Å²) in [6.07, 6.45) is -5.08. The molecule has 7 nitrogen and oxygen atoms in total. The molecule has 0 amide bonds. The van der Waals surface area contributed by atoms with Crippen molar-refractivity contribution in [3.63, 3.8) is 0 Å². The molecule has 0 aliphatic heterocycles. The minimum atomic E-state index is -4.63. The molecule has 0 saturated heterocycles. The number of sulfonamides is 1. The van der Waals surface area contributed by atoms with Crippen LogP contribution >= 0.6 is 11.6 Å². The highest BCUT2D eigenvalue weighted by molar-refractivity contribution is 7.92. The molecule has 2 N–H and O–H groups in total. The van der Waals surface area contributed by atoms with E-state index in [4.69, 9.17) is 21.4 Å². The van der Waals surface area contributed by atoms with E-state index in [0.29, 0.717) is 0 Å². The highest BCUT2D eigenvalue weighted by Gasteiger charge is 2.29. The maximum absolute atomic E-state index is 12.8. The number of ether oxygens (including phenoxy) is 2. The summed E-state index contributed by atoms with van der Waals surface area (Å²) < 4.78 is 74.8.